The fourth-order valence-corrected chi connectivity index (χ4v) is 1.76. The van der Waals surface area contributed by atoms with Crippen LogP contribution in [-0.4, -0.2) is 30.6 Å². The third-order valence-electron chi connectivity index (χ3n) is 2.62. The van der Waals surface area contributed by atoms with E-state index in [1.165, 1.54) is 32.4 Å². The molecule has 2 N–H and O–H groups in total. The van der Waals surface area contributed by atoms with E-state index in [0.29, 0.717) is 6.04 Å². The molecule has 0 amide bonds. The highest BCUT2D eigenvalue weighted by atomic mass is 15.1. The Kier molecular flexibility index (Phi) is 5.09. The van der Waals surface area contributed by atoms with Crippen molar-refractivity contribution in [3.63, 3.8) is 0 Å². The highest BCUT2D eigenvalue weighted by Crippen LogP contribution is 2.04. The first-order valence-corrected chi connectivity index (χ1v) is 5.46. The molecule has 0 fully saturated rings. The van der Waals surface area contributed by atoms with E-state index in [0.717, 1.165) is 13.0 Å². The maximum Gasteiger partial charge on any atom is 0.0163 e. The molecular weight excluding hydrogens is 160 g/mol. The molecule has 0 saturated heterocycles. The Hall–Kier alpha value is -0.340. The second kappa shape index (κ2) is 6.17. The van der Waals surface area contributed by atoms with Gasteiger partial charge in [-0.2, -0.15) is 0 Å². The van der Waals surface area contributed by atoms with Crippen LogP contribution in [0.1, 0.15) is 32.6 Å². The van der Waals surface area contributed by atoms with Gasteiger partial charge in [0.2, 0.25) is 0 Å². The first-order valence-electron chi connectivity index (χ1n) is 5.46. The summed E-state index contributed by atoms with van der Waals surface area (Å²) in [5, 5.41) is 0. The Labute approximate surface area is 81.8 Å². The standard InChI is InChI=1S/C11H22N2/c1-2-6-11(12)7-10-13-8-4-3-5-9-13/h3-4,11H,2,5-10,12H2,1H3. The van der Waals surface area contributed by atoms with Gasteiger partial charge in [0.15, 0.2) is 0 Å². The van der Waals surface area contributed by atoms with Crippen LogP contribution in [0.4, 0.5) is 0 Å². The van der Waals surface area contributed by atoms with Crippen molar-refractivity contribution in [1.82, 2.24) is 4.90 Å². The molecule has 0 aromatic rings. The van der Waals surface area contributed by atoms with Crippen LogP contribution in [0.5, 0.6) is 0 Å². The van der Waals surface area contributed by atoms with Crippen molar-refractivity contribution < 1.29 is 0 Å². The number of hydrogen-bond acceptors (Lipinski definition) is 2. The predicted octanol–water partition coefficient (Wildman–Crippen LogP) is 1.77. The third-order valence-corrected chi connectivity index (χ3v) is 2.62. The van der Waals surface area contributed by atoms with Crippen LogP contribution in [0, 0.1) is 0 Å². The first-order chi connectivity index (χ1) is 6.33. The molecule has 1 unspecified atom stereocenters. The van der Waals surface area contributed by atoms with E-state index >= 15 is 0 Å². The number of nitrogens with two attached hydrogens (primary N) is 1. The maximum absolute atomic E-state index is 5.96. The molecule has 0 aromatic heterocycles. The van der Waals surface area contributed by atoms with Gasteiger partial charge in [0.1, 0.15) is 0 Å². The Balaban J connectivity index is 2.07. The summed E-state index contributed by atoms with van der Waals surface area (Å²) >= 11 is 0. The third kappa shape index (κ3) is 4.44. The van der Waals surface area contributed by atoms with Crippen LogP contribution < -0.4 is 5.73 Å². The molecular formula is C11H22N2. The highest BCUT2D eigenvalue weighted by molar-refractivity contribution is 4.90. The molecule has 2 heteroatoms. The molecule has 1 aliphatic rings. The van der Waals surface area contributed by atoms with E-state index in [2.05, 4.69) is 24.0 Å². The summed E-state index contributed by atoms with van der Waals surface area (Å²) < 4.78 is 0. The molecule has 0 saturated carbocycles. The monoisotopic (exact) mass is 182 g/mol. The molecule has 1 atom stereocenters. The van der Waals surface area contributed by atoms with Gasteiger partial charge >= 0.3 is 0 Å². The van der Waals surface area contributed by atoms with Crippen molar-refractivity contribution >= 4 is 0 Å². The lowest BCUT2D eigenvalue weighted by Gasteiger charge is -2.24. The summed E-state index contributed by atoms with van der Waals surface area (Å²) in [7, 11) is 0. The minimum Gasteiger partial charge on any atom is -0.328 e. The van der Waals surface area contributed by atoms with Crippen molar-refractivity contribution in [2.24, 2.45) is 5.73 Å². The van der Waals surface area contributed by atoms with Crippen molar-refractivity contribution in [2.75, 3.05) is 19.6 Å². The first kappa shape index (κ1) is 10.7. The van der Waals surface area contributed by atoms with Gasteiger partial charge in [-0.25, -0.2) is 0 Å². The van der Waals surface area contributed by atoms with Gasteiger partial charge in [-0.3, -0.25) is 4.90 Å². The largest absolute Gasteiger partial charge is 0.328 e. The van der Waals surface area contributed by atoms with E-state index in [9.17, 15) is 0 Å². The van der Waals surface area contributed by atoms with Crippen LogP contribution in [0.2, 0.25) is 0 Å². The molecule has 0 aliphatic carbocycles. The Morgan fingerprint density at radius 1 is 1.38 bits per heavy atom. The molecule has 1 rings (SSSR count). The molecule has 1 heterocycles. The quantitative estimate of drug-likeness (QED) is 0.657. The van der Waals surface area contributed by atoms with Gasteiger partial charge in [-0.15, -0.1) is 0 Å². The molecule has 0 spiro atoms. The zero-order chi connectivity index (χ0) is 9.52. The summed E-state index contributed by atoms with van der Waals surface area (Å²) in [5.41, 5.74) is 5.96. The van der Waals surface area contributed by atoms with E-state index in [1.807, 2.05) is 0 Å². The van der Waals surface area contributed by atoms with Gasteiger partial charge in [0.25, 0.3) is 0 Å². The molecule has 13 heavy (non-hydrogen) atoms. The van der Waals surface area contributed by atoms with Crippen molar-refractivity contribution in [2.45, 2.75) is 38.6 Å². The Bertz CT molecular complexity index is 154. The minimum atomic E-state index is 0.413. The van der Waals surface area contributed by atoms with Gasteiger partial charge in [0, 0.05) is 19.1 Å². The summed E-state index contributed by atoms with van der Waals surface area (Å²) in [6.07, 6.45) is 9.27. The lowest BCUT2D eigenvalue weighted by molar-refractivity contribution is 0.283. The summed E-state index contributed by atoms with van der Waals surface area (Å²) in [4.78, 5) is 2.48. The Morgan fingerprint density at radius 3 is 2.85 bits per heavy atom. The second-order valence-electron chi connectivity index (χ2n) is 3.90. The Morgan fingerprint density at radius 2 is 2.23 bits per heavy atom. The fraction of sp³-hybridized carbons (Fsp3) is 0.818. The summed E-state index contributed by atoms with van der Waals surface area (Å²) in [6.45, 7) is 5.71. The van der Waals surface area contributed by atoms with Crippen molar-refractivity contribution in [3.05, 3.63) is 12.2 Å². The smallest absolute Gasteiger partial charge is 0.0163 e. The van der Waals surface area contributed by atoms with Crippen molar-refractivity contribution in [3.8, 4) is 0 Å². The second-order valence-corrected chi connectivity index (χ2v) is 3.90. The van der Waals surface area contributed by atoms with E-state index in [1.54, 1.807) is 0 Å². The van der Waals surface area contributed by atoms with Crippen LogP contribution in [-0.2, 0) is 0 Å². The average Bonchev–Trinajstić information content (AvgIpc) is 2.17. The van der Waals surface area contributed by atoms with Crippen LogP contribution >= 0.6 is 0 Å². The minimum absolute atomic E-state index is 0.413. The summed E-state index contributed by atoms with van der Waals surface area (Å²) in [5.74, 6) is 0. The van der Waals surface area contributed by atoms with E-state index in [4.69, 9.17) is 5.73 Å². The number of nitrogens with zero attached hydrogens (tertiary/aromatic N) is 1. The lowest BCUT2D eigenvalue weighted by Crippen LogP contribution is -2.32. The van der Waals surface area contributed by atoms with Crippen LogP contribution in [0.25, 0.3) is 0 Å². The number of hydrogen-bond donors (Lipinski definition) is 1. The van der Waals surface area contributed by atoms with Gasteiger partial charge < -0.3 is 5.73 Å². The molecule has 1 aliphatic heterocycles. The summed E-state index contributed by atoms with van der Waals surface area (Å²) in [6, 6.07) is 0.413. The van der Waals surface area contributed by atoms with E-state index in [-0.39, 0.29) is 0 Å². The van der Waals surface area contributed by atoms with Gasteiger partial charge in [-0.05, 0) is 25.8 Å². The predicted molar refractivity (Wildman–Crippen MR) is 57.7 cm³/mol. The topological polar surface area (TPSA) is 29.3 Å². The highest BCUT2D eigenvalue weighted by Gasteiger charge is 2.07. The van der Waals surface area contributed by atoms with Crippen LogP contribution in [0.3, 0.4) is 0 Å². The number of rotatable bonds is 5. The fourth-order valence-electron chi connectivity index (χ4n) is 1.76. The average molecular weight is 182 g/mol. The molecule has 0 aromatic carbocycles. The molecule has 0 radical (unpaired) electrons. The molecule has 76 valence electrons. The maximum atomic E-state index is 5.96. The van der Waals surface area contributed by atoms with Gasteiger partial charge in [0.05, 0.1) is 0 Å². The van der Waals surface area contributed by atoms with Crippen molar-refractivity contribution in [1.29, 1.82) is 0 Å². The zero-order valence-electron chi connectivity index (χ0n) is 8.71. The normalized spacial score (nSPS) is 20.5. The molecule has 2 nitrogen and oxygen atoms in total. The lowest BCUT2D eigenvalue weighted by atomic mass is 10.1. The van der Waals surface area contributed by atoms with E-state index < -0.39 is 0 Å². The van der Waals surface area contributed by atoms with Crippen LogP contribution in [0.15, 0.2) is 12.2 Å². The van der Waals surface area contributed by atoms with Gasteiger partial charge in [-0.1, -0.05) is 25.5 Å². The zero-order valence-corrected chi connectivity index (χ0v) is 8.71. The molecule has 0 bridgehead atoms. The SMILES string of the molecule is CCCC(N)CCN1CC=CCC1.